The highest BCUT2D eigenvalue weighted by Gasteiger charge is 2.29. The molecule has 0 spiro atoms. The Morgan fingerprint density at radius 1 is 1.39 bits per heavy atom. The monoisotopic (exact) mass is 331 g/mol. The van der Waals surface area contributed by atoms with Crippen molar-refractivity contribution in [2.24, 2.45) is 7.05 Å². The van der Waals surface area contributed by atoms with Crippen LogP contribution in [-0.4, -0.2) is 28.5 Å². The van der Waals surface area contributed by atoms with Gasteiger partial charge in [-0.1, -0.05) is 17.7 Å². The normalized spacial score (nSPS) is 18.3. The molecule has 3 rings (SSSR count). The predicted octanol–water partition coefficient (Wildman–Crippen LogP) is 3.76. The summed E-state index contributed by atoms with van der Waals surface area (Å²) in [7, 11) is 2.06. The second kappa shape index (κ2) is 6.77. The molecule has 5 heteroatoms. The third-order valence-corrected chi connectivity index (χ3v) is 4.74. The Labute approximate surface area is 142 Å². The van der Waals surface area contributed by atoms with Crippen molar-refractivity contribution in [1.82, 2.24) is 9.47 Å². The van der Waals surface area contributed by atoms with Gasteiger partial charge in [-0.2, -0.15) is 0 Å². The first-order valence-electron chi connectivity index (χ1n) is 7.96. The van der Waals surface area contributed by atoms with Gasteiger partial charge in [-0.05, 0) is 56.1 Å². The van der Waals surface area contributed by atoms with Crippen LogP contribution >= 0.6 is 11.6 Å². The summed E-state index contributed by atoms with van der Waals surface area (Å²) in [6, 6.07) is 10.1. The third kappa shape index (κ3) is 3.59. The quantitative estimate of drug-likeness (QED) is 0.926. The van der Waals surface area contributed by atoms with E-state index < -0.39 is 0 Å². The zero-order valence-corrected chi connectivity index (χ0v) is 14.3. The molecule has 1 atom stereocenters. The number of halogens is 1. The summed E-state index contributed by atoms with van der Waals surface area (Å²) < 4.78 is 2.14. The molecule has 0 bridgehead atoms. The van der Waals surface area contributed by atoms with Gasteiger partial charge in [0.25, 0.3) is 0 Å². The van der Waals surface area contributed by atoms with Gasteiger partial charge in [-0.25, -0.2) is 0 Å². The molecule has 0 saturated carbocycles. The summed E-state index contributed by atoms with van der Waals surface area (Å²) in [5, 5.41) is 3.62. The topological polar surface area (TPSA) is 37.3 Å². The lowest BCUT2D eigenvalue weighted by molar-refractivity contribution is -0.117. The van der Waals surface area contributed by atoms with Crippen LogP contribution in [0.15, 0.2) is 36.5 Å². The Bertz CT molecular complexity index is 710. The number of carbonyl (C=O) groups excluding carboxylic acids is 1. The van der Waals surface area contributed by atoms with Gasteiger partial charge in [0.1, 0.15) is 0 Å². The number of anilines is 1. The molecule has 1 saturated heterocycles. The number of carbonyl (C=O) groups is 1. The van der Waals surface area contributed by atoms with E-state index in [9.17, 15) is 4.79 Å². The number of hydrogen-bond donors (Lipinski definition) is 1. The van der Waals surface area contributed by atoms with Gasteiger partial charge in [0.15, 0.2) is 0 Å². The number of nitrogens with one attached hydrogen (secondary N) is 1. The highest BCUT2D eigenvalue weighted by Crippen LogP contribution is 2.31. The Kier molecular flexibility index (Phi) is 4.74. The van der Waals surface area contributed by atoms with Crippen molar-refractivity contribution in [2.75, 3.05) is 18.4 Å². The molecule has 122 valence electrons. The Morgan fingerprint density at radius 3 is 2.96 bits per heavy atom. The summed E-state index contributed by atoms with van der Waals surface area (Å²) in [4.78, 5) is 14.7. The van der Waals surface area contributed by atoms with Gasteiger partial charge in [-0.3, -0.25) is 9.69 Å². The molecule has 1 amide bonds. The van der Waals surface area contributed by atoms with Crippen LogP contribution in [-0.2, 0) is 11.8 Å². The molecule has 4 nitrogen and oxygen atoms in total. The maximum absolute atomic E-state index is 12.4. The largest absolute Gasteiger partial charge is 0.353 e. The lowest BCUT2D eigenvalue weighted by Gasteiger charge is -2.24. The molecule has 1 aromatic carbocycles. The molecule has 2 heterocycles. The second-order valence-electron chi connectivity index (χ2n) is 6.18. The summed E-state index contributed by atoms with van der Waals surface area (Å²) in [5.74, 6) is 0.0106. The van der Waals surface area contributed by atoms with E-state index in [1.807, 2.05) is 19.1 Å². The molecular formula is C18H22ClN3O. The van der Waals surface area contributed by atoms with Crippen molar-refractivity contribution in [3.05, 3.63) is 52.8 Å². The predicted molar refractivity (Wildman–Crippen MR) is 93.8 cm³/mol. The van der Waals surface area contributed by atoms with Crippen molar-refractivity contribution < 1.29 is 4.79 Å². The first-order chi connectivity index (χ1) is 11.0. The van der Waals surface area contributed by atoms with Crippen molar-refractivity contribution in [3.63, 3.8) is 0 Å². The van der Waals surface area contributed by atoms with Gasteiger partial charge in [0.05, 0.1) is 12.6 Å². The summed E-state index contributed by atoms with van der Waals surface area (Å²) in [6.07, 6.45) is 4.28. The second-order valence-corrected chi connectivity index (χ2v) is 6.62. The van der Waals surface area contributed by atoms with Crippen LogP contribution < -0.4 is 5.32 Å². The summed E-state index contributed by atoms with van der Waals surface area (Å²) in [6.45, 7) is 3.33. The number of aryl methyl sites for hydroxylation is 2. The minimum atomic E-state index is 0.0106. The fourth-order valence-electron chi connectivity index (χ4n) is 3.27. The fourth-order valence-corrected chi connectivity index (χ4v) is 3.45. The molecule has 1 aromatic heterocycles. The van der Waals surface area contributed by atoms with Gasteiger partial charge in [0, 0.05) is 29.6 Å². The maximum atomic E-state index is 12.4. The van der Waals surface area contributed by atoms with Crippen molar-refractivity contribution in [2.45, 2.75) is 25.8 Å². The van der Waals surface area contributed by atoms with Crippen LogP contribution in [0.1, 0.15) is 30.1 Å². The zero-order valence-electron chi connectivity index (χ0n) is 13.6. The van der Waals surface area contributed by atoms with Crippen LogP contribution in [0, 0.1) is 6.92 Å². The number of rotatable bonds is 4. The molecule has 1 fully saturated rings. The van der Waals surface area contributed by atoms with Crippen molar-refractivity contribution in [1.29, 1.82) is 0 Å². The highest BCUT2D eigenvalue weighted by molar-refractivity contribution is 6.31. The van der Waals surface area contributed by atoms with E-state index in [1.165, 1.54) is 5.69 Å². The van der Waals surface area contributed by atoms with Gasteiger partial charge in [0.2, 0.25) is 5.91 Å². The van der Waals surface area contributed by atoms with Crippen LogP contribution in [0.25, 0.3) is 0 Å². The van der Waals surface area contributed by atoms with E-state index in [4.69, 9.17) is 11.6 Å². The molecule has 0 radical (unpaired) electrons. The van der Waals surface area contributed by atoms with Gasteiger partial charge < -0.3 is 9.88 Å². The number of likely N-dealkylation sites (tertiary alicyclic amines) is 1. The fraction of sp³-hybridized carbons (Fsp3) is 0.389. The average molecular weight is 332 g/mol. The SMILES string of the molecule is Cc1ccc(Cl)cc1NC(=O)CN1CCC[C@H]1c1cccn1C. The first kappa shape index (κ1) is 16.1. The van der Waals surface area contributed by atoms with Gasteiger partial charge in [-0.15, -0.1) is 0 Å². The maximum Gasteiger partial charge on any atom is 0.238 e. The third-order valence-electron chi connectivity index (χ3n) is 4.51. The Morgan fingerprint density at radius 2 is 2.22 bits per heavy atom. The summed E-state index contributed by atoms with van der Waals surface area (Å²) >= 11 is 6.01. The van der Waals surface area contributed by atoms with Crippen LogP contribution in [0.3, 0.4) is 0 Å². The van der Waals surface area contributed by atoms with E-state index >= 15 is 0 Å². The minimum absolute atomic E-state index is 0.0106. The van der Waals surface area contributed by atoms with Crippen LogP contribution in [0.5, 0.6) is 0 Å². The lowest BCUT2D eigenvalue weighted by atomic mass is 10.1. The summed E-state index contributed by atoms with van der Waals surface area (Å²) in [5.41, 5.74) is 3.08. The Hall–Kier alpha value is -1.78. The molecule has 1 aliphatic heterocycles. The molecule has 2 aromatic rings. The molecule has 1 N–H and O–H groups in total. The molecule has 1 aliphatic rings. The lowest BCUT2D eigenvalue weighted by Crippen LogP contribution is -2.33. The van der Waals surface area contributed by atoms with Crippen LogP contribution in [0.2, 0.25) is 5.02 Å². The zero-order chi connectivity index (χ0) is 16.4. The molecule has 0 aliphatic carbocycles. The number of hydrogen-bond acceptors (Lipinski definition) is 2. The molecular weight excluding hydrogens is 310 g/mol. The molecule has 23 heavy (non-hydrogen) atoms. The van der Waals surface area contributed by atoms with E-state index in [2.05, 4.69) is 40.2 Å². The van der Waals surface area contributed by atoms with Crippen molar-refractivity contribution >= 4 is 23.2 Å². The molecule has 0 unspecified atom stereocenters. The Balaban J connectivity index is 1.67. The standard InChI is InChI=1S/C18H22ClN3O/c1-13-7-8-14(19)11-15(13)20-18(23)12-22-10-4-6-17(22)16-5-3-9-21(16)2/h3,5,7-9,11,17H,4,6,10,12H2,1-2H3,(H,20,23)/t17-/m0/s1. The smallest absolute Gasteiger partial charge is 0.238 e. The van der Waals surface area contributed by atoms with E-state index in [-0.39, 0.29) is 5.91 Å². The first-order valence-corrected chi connectivity index (χ1v) is 8.33. The van der Waals surface area contributed by atoms with Gasteiger partial charge >= 0.3 is 0 Å². The number of aromatic nitrogens is 1. The highest BCUT2D eigenvalue weighted by atomic mass is 35.5. The van der Waals surface area contributed by atoms with E-state index in [0.717, 1.165) is 30.6 Å². The number of amides is 1. The van der Waals surface area contributed by atoms with E-state index in [1.54, 1.807) is 6.07 Å². The number of benzene rings is 1. The average Bonchev–Trinajstić information content (AvgIpc) is 3.11. The van der Waals surface area contributed by atoms with E-state index in [0.29, 0.717) is 17.6 Å². The minimum Gasteiger partial charge on any atom is -0.353 e. The number of nitrogens with zero attached hydrogens (tertiary/aromatic N) is 2. The van der Waals surface area contributed by atoms with Crippen molar-refractivity contribution in [3.8, 4) is 0 Å². The van der Waals surface area contributed by atoms with Crippen LogP contribution in [0.4, 0.5) is 5.69 Å².